The van der Waals surface area contributed by atoms with E-state index in [2.05, 4.69) is 15.9 Å². The van der Waals surface area contributed by atoms with Crippen molar-refractivity contribution in [1.82, 2.24) is 0 Å². The fourth-order valence-electron chi connectivity index (χ4n) is 0.643. The summed E-state index contributed by atoms with van der Waals surface area (Å²) in [5, 5.41) is 0.319. The lowest BCUT2D eigenvalue weighted by atomic mass is 10.3. The third-order valence-electron chi connectivity index (χ3n) is 1.13. The molecule has 0 aliphatic rings. The summed E-state index contributed by atoms with van der Waals surface area (Å²) in [6.07, 6.45) is 1.57. The van der Waals surface area contributed by atoms with E-state index in [9.17, 15) is 4.79 Å². The lowest BCUT2D eigenvalue weighted by molar-refractivity contribution is 0.0993. The minimum absolute atomic E-state index is 0.0203. The van der Waals surface area contributed by atoms with Crippen LogP contribution in [0.5, 0.6) is 0 Å². The molecule has 0 spiro atoms. The molecule has 1 aromatic heterocycles. The molecule has 10 heavy (non-hydrogen) atoms. The van der Waals surface area contributed by atoms with Gasteiger partial charge in [0.1, 0.15) is 0 Å². The lowest BCUT2D eigenvalue weighted by Crippen LogP contribution is -1.96. The summed E-state index contributed by atoms with van der Waals surface area (Å²) < 4.78 is 4.94. The number of halogens is 1. The van der Waals surface area contributed by atoms with Crippen molar-refractivity contribution in [2.45, 2.75) is 6.92 Å². The molecule has 0 aliphatic carbocycles. The second-order valence-electron chi connectivity index (χ2n) is 2.05. The van der Waals surface area contributed by atoms with Crippen molar-refractivity contribution >= 4 is 21.7 Å². The van der Waals surface area contributed by atoms with E-state index in [0.717, 1.165) is 5.56 Å². The first-order valence-corrected chi connectivity index (χ1v) is 4.00. The van der Waals surface area contributed by atoms with E-state index in [-0.39, 0.29) is 5.78 Å². The van der Waals surface area contributed by atoms with Crippen LogP contribution in [0.1, 0.15) is 16.1 Å². The number of furan rings is 1. The summed E-state index contributed by atoms with van der Waals surface area (Å²) in [5.74, 6) is 0.405. The SMILES string of the molecule is Cc1coc(C(=O)CBr)c1. The Hall–Kier alpha value is -0.570. The molecule has 0 saturated heterocycles. The number of carbonyl (C=O) groups excluding carboxylic acids is 1. The Morgan fingerprint density at radius 2 is 2.50 bits per heavy atom. The average Bonchev–Trinajstić information content (AvgIpc) is 2.34. The molecule has 0 N–H and O–H groups in total. The third-order valence-corrected chi connectivity index (χ3v) is 1.64. The summed E-state index contributed by atoms with van der Waals surface area (Å²) in [4.78, 5) is 10.9. The Bertz CT molecular complexity index is 240. The van der Waals surface area contributed by atoms with Gasteiger partial charge in [-0.05, 0) is 18.6 Å². The number of rotatable bonds is 2. The normalized spacial score (nSPS) is 9.80. The van der Waals surface area contributed by atoms with Crippen LogP contribution in [0.25, 0.3) is 0 Å². The van der Waals surface area contributed by atoms with E-state index in [1.807, 2.05) is 6.92 Å². The molecule has 1 rings (SSSR count). The first-order chi connectivity index (χ1) is 4.74. The van der Waals surface area contributed by atoms with Gasteiger partial charge < -0.3 is 4.42 Å². The minimum Gasteiger partial charge on any atom is -0.461 e. The molecule has 1 aromatic rings. The summed E-state index contributed by atoms with van der Waals surface area (Å²) >= 11 is 3.05. The molecule has 1 heterocycles. The Labute approximate surface area is 67.3 Å². The predicted molar refractivity (Wildman–Crippen MR) is 41.6 cm³/mol. The second-order valence-corrected chi connectivity index (χ2v) is 2.61. The molecular weight excluding hydrogens is 196 g/mol. The van der Waals surface area contributed by atoms with E-state index in [4.69, 9.17) is 4.42 Å². The second kappa shape index (κ2) is 3.01. The summed E-state index contributed by atoms with van der Waals surface area (Å²) in [6.45, 7) is 1.88. The standard InChI is InChI=1S/C7H7BrO2/c1-5-2-7(10-4-5)6(9)3-8/h2,4H,3H2,1H3. The van der Waals surface area contributed by atoms with Crippen LogP contribution in [-0.4, -0.2) is 11.1 Å². The van der Waals surface area contributed by atoms with Crippen LogP contribution in [0.2, 0.25) is 0 Å². The molecule has 0 fully saturated rings. The van der Waals surface area contributed by atoms with E-state index in [1.54, 1.807) is 12.3 Å². The molecule has 2 nitrogen and oxygen atoms in total. The molecule has 0 bridgehead atoms. The predicted octanol–water partition coefficient (Wildman–Crippen LogP) is 2.17. The lowest BCUT2D eigenvalue weighted by Gasteiger charge is -1.85. The van der Waals surface area contributed by atoms with Crippen LogP contribution in [0.4, 0.5) is 0 Å². The Morgan fingerprint density at radius 1 is 1.80 bits per heavy atom. The van der Waals surface area contributed by atoms with Crippen molar-refractivity contribution in [2.24, 2.45) is 0 Å². The van der Waals surface area contributed by atoms with Gasteiger partial charge in [0.2, 0.25) is 5.78 Å². The fraction of sp³-hybridized carbons (Fsp3) is 0.286. The summed E-state index contributed by atoms with van der Waals surface area (Å²) in [5.41, 5.74) is 0.976. The summed E-state index contributed by atoms with van der Waals surface area (Å²) in [6, 6.07) is 1.73. The maximum absolute atomic E-state index is 10.9. The van der Waals surface area contributed by atoms with Crippen LogP contribution >= 0.6 is 15.9 Å². The number of alkyl halides is 1. The monoisotopic (exact) mass is 202 g/mol. The maximum Gasteiger partial charge on any atom is 0.208 e. The van der Waals surface area contributed by atoms with Crippen molar-refractivity contribution < 1.29 is 9.21 Å². The van der Waals surface area contributed by atoms with Gasteiger partial charge in [-0.15, -0.1) is 0 Å². The topological polar surface area (TPSA) is 30.2 Å². The van der Waals surface area contributed by atoms with Crippen molar-refractivity contribution in [3.05, 3.63) is 23.7 Å². The molecule has 0 aliphatic heterocycles. The molecule has 0 amide bonds. The van der Waals surface area contributed by atoms with E-state index in [0.29, 0.717) is 11.1 Å². The average molecular weight is 203 g/mol. The van der Waals surface area contributed by atoms with Crippen molar-refractivity contribution in [3.63, 3.8) is 0 Å². The summed E-state index contributed by atoms with van der Waals surface area (Å²) in [7, 11) is 0. The molecule has 3 heteroatoms. The number of Topliss-reactive ketones (excluding diaryl/α,β-unsaturated/α-hetero) is 1. The highest BCUT2D eigenvalue weighted by Crippen LogP contribution is 2.07. The van der Waals surface area contributed by atoms with Gasteiger partial charge >= 0.3 is 0 Å². The smallest absolute Gasteiger partial charge is 0.208 e. The van der Waals surface area contributed by atoms with Crippen LogP contribution in [0.15, 0.2) is 16.7 Å². The Morgan fingerprint density at radius 3 is 2.90 bits per heavy atom. The van der Waals surface area contributed by atoms with Gasteiger partial charge in [0.25, 0.3) is 0 Å². The van der Waals surface area contributed by atoms with E-state index in [1.165, 1.54) is 0 Å². The van der Waals surface area contributed by atoms with Crippen molar-refractivity contribution in [1.29, 1.82) is 0 Å². The van der Waals surface area contributed by atoms with Crippen LogP contribution in [0, 0.1) is 6.92 Å². The van der Waals surface area contributed by atoms with Gasteiger partial charge in [0.15, 0.2) is 5.76 Å². The van der Waals surface area contributed by atoms with Gasteiger partial charge in [-0.25, -0.2) is 0 Å². The highest BCUT2D eigenvalue weighted by Gasteiger charge is 2.06. The zero-order valence-corrected chi connectivity index (χ0v) is 7.14. The van der Waals surface area contributed by atoms with Gasteiger partial charge in [0.05, 0.1) is 11.6 Å². The molecule has 0 atom stereocenters. The quantitative estimate of drug-likeness (QED) is 0.544. The first kappa shape index (κ1) is 7.54. The van der Waals surface area contributed by atoms with E-state index >= 15 is 0 Å². The number of hydrogen-bond donors (Lipinski definition) is 0. The zero-order chi connectivity index (χ0) is 7.56. The molecule has 0 saturated carbocycles. The number of ketones is 1. The molecule has 0 radical (unpaired) electrons. The number of aryl methyl sites for hydroxylation is 1. The first-order valence-electron chi connectivity index (χ1n) is 2.88. The molecule has 0 aromatic carbocycles. The minimum atomic E-state index is -0.0203. The Kier molecular flexibility index (Phi) is 2.27. The van der Waals surface area contributed by atoms with Gasteiger partial charge in [0, 0.05) is 0 Å². The van der Waals surface area contributed by atoms with Crippen molar-refractivity contribution in [3.8, 4) is 0 Å². The molecule has 54 valence electrons. The van der Waals surface area contributed by atoms with Gasteiger partial charge in [-0.1, -0.05) is 15.9 Å². The van der Waals surface area contributed by atoms with Crippen molar-refractivity contribution in [2.75, 3.05) is 5.33 Å². The van der Waals surface area contributed by atoms with Crippen LogP contribution < -0.4 is 0 Å². The van der Waals surface area contributed by atoms with Crippen LogP contribution in [-0.2, 0) is 0 Å². The third kappa shape index (κ3) is 1.48. The molecular formula is C7H7BrO2. The molecule has 0 unspecified atom stereocenters. The van der Waals surface area contributed by atoms with Gasteiger partial charge in [-0.3, -0.25) is 4.79 Å². The highest BCUT2D eigenvalue weighted by atomic mass is 79.9. The largest absolute Gasteiger partial charge is 0.461 e. The highest BCUT2D eigenvalue weighted by molar-refractivity contribution is 9.09. The number of carbonyl (C=O) groups is 1. The Balaban J connectivity index is 2.85. The van der Waals surface area contributed by atoms with Crippen LogP contribution in [0.3, 0.4) is 0 Å². The zero-order valence-electron chi connectivity index (χ0n) is 5.56. The number of hydrogen-bond acceptors (Lipinski definition) is 2. The fourth-order valence-corrected chi connectivity index (χ4v) is 0.920. The van der Waals surface area contributed by atoms with E-state index < -0.39 is 0 Å². The van der Waals surface area contributed by atoms with Gasteiger partial charge in [-0.2, -0.15) is 0 Å². The maximum atomic E-state index is 10.9.